The zero-order chi connectivity index (χ0) is 21.4. The number of fused-ring (bicyclic) bond motifs is 1. The average molecular weight is 410 g/mol. The molecule has 154 valence electrons. The van der Waals surface area contributed by atoms with Crippen molar-refractivity contribution in [3.8, 4) is 0 Å². The molecule has 0 bridgehead atoms. The number of hydrogen-bond acceptors (Lipinski definition) is 2. The molecule has 1 amide bonds. The fraction of sp³-hybridized carbons (Fsp3) is 0.208. The van der Waals surface area contributed by atoms with Gasteiger partial charge in [0.25, 0.3) is 5.91 Å². The Kier molecular flexibility index (Phi) is 5.24. The van der Waals surface area contributed by atoms with Gasteiger partial charge in [-0.05, 0) is 80.4 Å². The van der Waals surface area contributed by atoms with Crippen LogP contribution >= 0.6 is 0 Å². The lowest BCUT2D eigenvalue weighted by Gasteiger charge is -2.40. The summed E-state index contributed by atoms with van der Waals surface area (Å²) in [7, 11) is 0. The van der Waals surface area contributed by atoms with Crippen molar-refractivity contribution in [3.05, 3.63) is 94.8 Å². The lowest BCUT2D eigenvalue weighted by molar-refractivity contribution is 0.0973. The summed E-state index contributed by atoms with van der Waals surface area (Å²) in [6, 6.07) is 14.1. The van der Waals surface area contributed by atoms with Crippen LogP contribution in [0.3, 0.4) is 0 Å². The Balaban J connectivity index is 1.71. The molecular formula is C24H21F3N2O. The molecular weight excluding hydrogens is 389 g/mol. The van der Waals surface area contributed by atoms with Crippen molar-refractivity contribution in [1.29, 1.82) is 0 Å². The van der Waals surface area contributed by atoms with E-state index in [9.17, 15) is 18.0 Å². The Hall–Kier alpha value is -3.28. The number of rotatable bonds is 3. The van der Waals surface area contributed by atoms with Gasteiger partial charge in [-0.15, -0.1) is 0 Å². The summed E-state index contributed by atoms with van der Waals surface area (Å²) >= 11 is 0. The van der Waals surface area contributed by atoms with Crippen molar-refractivity contribution in [3.63, 3.8) is 0 Å². The smallest absolute Gasteiger partial charge is 0.258 e. The van der Waals surface area contributed by atoms with Gasteiger partial charge in [0.2, 0.25) is 0 Å². The third-order valence-corrected chi connectivity index (χ3v) is 5.46. The number of hydrogen-bond donors (Lipinski definition) is 1. The van der Waals surface area contributed by atoms with Crippen molar-refractivity contribution in [2.24, 2.45) is 0 Å². The topological polar surface area (TPSA) is 32.3 Å². The molecule has 3 aromatic rings. The largest absolute Gasteiger partial charge is 0.378 e. The molecule has 2 atom stereocenters. The van der Waals surface area contributed by atoms with E-state index < -0.39 is 11.6 Å². The summed E-state index contributed by atoms with van der Waals surface area (Å²) in [5.74, 6) is -1.54. The van der Waals surface area contributed by atoms with E-state index in [1.165, 1.54) is 30.3 Å². The number of anilines is 2. The Morgan fingerprint density at radius 2 is 1.67 bits per heavy atom. The first-order valence-electron chi connectivity index (χ1n) is 9.75. The van der Waals surface area contributed by atoms with Gasteiger partial charge in [-0.25, -0.2) is 13.2 Å². The highest BCUT2D eigenvalue weighted by molar-refractivity contribution is 6.07. The van der Waals surface area contributed by atoms with Crippen molar-refractivity contribution < 1.29 is 18.0 Å². The molecule has 3 aromatic carbocycles. The molecule has 0 fully saturated rings. The number of nitrogens with zero attached hydrogens (tertiary/aromatic N) is 1. The first-order valence-corrected chi connectivity index (χ1v) is 9.75. The van der Waals surface area contributed by atoms with Gasteiger partial charge in [0.1, 0.15) is 17.5 Å². The minimum atomic E-state index is -0.444. The summed E-state index contributed by atoms with van der Waals surface area (Å²) in [4.78, 5) is 14.8. The van der Waals surface area contributed by atoms with Crippen LogP contribution in [0.1, 0.15) is 40.9 Å². The highest BCUT2D eigenvalue weighted by Gasteiger charge is 2.34. The normalized spacial score (nSPS) is 18.1. The van der Waals surface area contributed by atoms with Crippen LogP contribution in [0, 0.1) is 24.4 Å². The van der Waals surface area contributed by atoms with E-state index in [1.54, 1.807) is 42.2 Å². The second-order valence-corrected chi connectivity index (χ2v) is 7.63. The Labute approximate surface area is 173 Å². The van der Waals surface area contributed by atoms with Crippen LogP contribution in [0.25, 0.3) is 0 Å². The number of nitrogens with one attached hydrogen (secondary N) is 1. The highest BCUT2D eigenvalue weighted by atomic mass is 19.1. The summed E-state index contributed by atoms with van der Waals surface area (Å²) in [5, 5.41) is 3.31. The number of halogens is 3. The van der Waals surface area contributed by atoms with Crippen LogP contribution in [0.4, 0.5) is 24.5 Å². The molecule has 1 heterocycles. The van der Waals surface area contributed by atoms with Gasteiger partial charge in [0, 0.05) is 28.5 Å². The van der Waals surface area contributed by atoms with E-state index >= 15 is 0 Å². The number of benzene rings is 3. The maximum absolute atomic E-state index is 14.1. The quantitative estimate of drug-likeness (QED) is 0.574. The van der Waals surface area contributed by atoms with E-state index in [2.05, 4.69) is 5.32 Å². The molecule has 1 aliphatic heterocycles. The lowest BCUT2D eigenvalue weighted by Crippen LogP contribution is -2.44. The van der Waals surface area contributed by atoms with E-state index in [-0.39, 0.29) is 29.4 Å². The standard InChI is InChI=1S/C24H21F3N2O/c1-14-3-4-16(12-21(14)27)24(30)29-15(2)11-22(20-13-18(26)7-10-23(20)29)28-19-8-5-17(25)6-9-19/h3-10,12-13,15,22,28H,11H2,1-2H3/t15-,22+/m1/s1. The van der Waals surface area contributed by atoms with Gasteiger partial charge in [0.05, 0.1) is 6.04 Å². The number of aryl methyl sites for hydroxylation is 1. The fourth-order valence-corrected chi connectivity index (χ4v) is 3.89. The van der Waals surface area contributed by atoms with E-state index in [4.69, 9.17) is 0 Å². The Morgan fingerprint density at radius 3 is 2.37 bits per heavy atom. The van der Waals surface area contributed by atoms with E-state index in [1.807, 2.05) is 6.92 Å². The molecule has 0 saturated carbocycles. The first-order chi connectivity index (χ1) is 14.3. The molecule has 1 aliphatic rings. The van der Waals surface area contributed by atoms with Crippen LogP contribution in [0.2, 0.25) is 0 Å². The fourth-order valence-electron chi connectivity index (χ4n) is 3.89. The summed E-state index contributed by atoms with van der Waals surface area (Å²) in [6.45, 7) is 3.53. The van der Waals surface area contributed by atoms with Gasteiger partial charge >= 0.3 is 0 Å². The molecule has 0 aromatic heterocycles. The third-order valence-electron chi connectivity index (χ3n) is 5.46. The molecule has 1 N–H and O–H groups in total. The zero-order valence-corrected chi connectivity index (χ0v) is 16.6. The Bertz CT molecular complexity index is 1100. The molecule has 4 rings (SSSR count). The van der Waals surface area contributed by atoms with Gasteiger partial charge in [-0.3, -0.25) is 4.79 Å². The SMILES string of the molecule is Cc1ccc(C(=O)N2c3ccc(F)cc3[C@@H](Nc3ccc(F)cc3)C[C@H]2C)cc1F. The van der Waals surface area contributed by atoms with Crippen molar-refractivity contribution in [1.82, 2.24) is 0 Å². The molecule has 0 spiro atoms. The number of amides is 1. The van der Waals surface area contributed by atoms with Crippen LogP contribution in [0.5, 0.6) is 0 Å². The van der Waals surface area contributed by atoms with Crippen LogP contribution in [-0.2, 0) is 0 Å². The maximum Gasteiger partial charge on any atom is 0.258 e. The van der Waals surface area contributed by atoms with Crippen LogP contribution in [0.15, 0.2) is 60.7 Å². The third kappa shape index (κ3) is 3.77. The second kappa shape index (κ2) is 7.86. The van der Waals surface area contributed by atoms with Gasteiger partial charge in [-0.1, -0.05) is 6.07 Å². The molecule has 0 aliphatic carbocycles. The number of carbonyl (C=O) groups is 1. The lowest BCUT2D eigenvalue weighted by atomic mass is 9.90. The molecule has 0 radical (unpaired) electrons. The zero-order valence-electron chi connectivity index (χ0n) is 16.6. The highest BCUT2D eigenvalue weighted by Crippen LogP contribution is 2.40. The summed E-state index contributed by atoms with van der Waals surface area (Å²) in [6.07, 6.45) is 0.508. The average Bonchev–Trinajstić information content (AvgIpc) is 2.72. The summed E-state index contributed by atoms with van der Waals surface area (Å²) < 4.78 is 41.3. The molecule has 3 nitrogen and oxygen atoms in total. The Morgan fingerprint density at radius 1 is 0.967 bits per heavy atom. The second-order valence-electron chi connectivity index (χ2n) is 7.63. The van der Waals surface area contributed by atoms with Crippen molar-refractivity contribution in [2.45, 2.75) is 32.4 Å². The summed E-state index contributed by atoms with van der Waals surface area (Å²) in [5.41, 5.74) is 2.60. The molecule has 6 heteroatoms. The van der Waals surface area contributed by atoms with Crippen molar-refractivity contribution in [2.75, 3.05) is 10.2 Å². The first kappa shape index (κ1) is 20.0. The van der Waals surface area contributed by atoms with Crippen molar-refractivity contribution >= 4 is 17.3 Å². The van der Waals surface area contributed by atoms with Crippen LogP contribution in [-0.4, -0.2) is 11.9 Å². The monoisotopic (exact) mass is 410 g/mol. The number of carbonyl (C=O) groups excluding carboxylic acids is 1. The van der Waals surface area contributed by atoms with Gasteiger partial charge in [-0.2, -0.15) is 0 Å². The minimum absolute atomic E-state index is 0.224. The molecule has 0 unspecified atom stereocenters. The van der Waals surface area contributed by atoms with Crippen LogP contribution < -0.4 is 10.2 Å². The van der Waals surface area contributed by atoms with E-state index in [0.717, 1.165) is 0 Å². The predicted octanol–water partition coefficient (Wildman–Crippen LogP) is 6.00. The van der Waals surface area contributed by atoms with Gasteiger partial charge in [0.15, 0.2) is 0 Å². The molecule has 30 heavy (non-hydrogen) atoms. The minimum Gasteiger partial charge on any atom is -0.378 e. The molecule has 0 saturated heterocycles. The maximum atomic E-state index is 14.1. The predicted molar refractivity (Wildman–Crippen MR) is 111 cm³/mol. The van der Waals surface area contributed by atoms with E-state index in [0.29, 0.717) is 28.9 Å². The van der Waals surface area contributed by atoms with Gasteiger partial charge < -0.3 is 10.2 Å².